The number of hydrogen-bond donors (Lipinski definition) is 0. The maximum atomic E-state index is 11.0. The van der Waals surface area contributed by atoms with E-state index in [4.69, 9.17) is 4.74 Å². The normalized spacial score (nSPS) is 16.8. The highest BCUT2D eigenvalue weighted by Gasteiger charge is 2.27. The van der Waals surface area contributed by atoms with Crippen LogP contribution in [-0.2, 0) is 11.2 Å². The molecule has 3 rings (SSSR count). The van der Waals surface area contributed by atoms with Gasteiger partial charge in [-0.2, -0.15) is 0 Å². The molecule has 1 aliphatic heterocycles. The monoisotopic (exact) mass is 374 g/mol. The van der Waals surface area contributed by atoms with Gasteiger partial charge in [-0.25, -0.2) is 4.98 Å². The molecule has 1 unspecified atom stereocenters. The van der Waals surface area contributed by atoms with Crippen LogP contribution in [0, 0.1) is 6.92 Å². The van der Waals surface area contributed by atoms with Crippen LogP contribution in [0.5, 0.6) is 11.6 Å². The van der Waals surface area contributed by atoms with Crippen LogP contribution >= 0.6 is 15.9 Å². The predicted molar refractivity (Wildman–Crippen MR) is 94.4 cm³/mol. The number of benzene rings is 1. The van der Waals surface area contributed by atoms with Crippen LogP contribution in [0.25, 0.3) is 0 Å². The lowest BCUT2D eigenvalue weighted by atomic mass is 9.96. The molecule has 0 fully saturated rings. The SMILES string of the molecule is Cc1cccnc1Oc1c(Br)ccc2c1CCC(C)N2CC=O. The van der Waals surface area contributed by atoms with Gasteiger partial charge in [-0.15, -0.1) is 0 Å². The zero-order valence-corrected chi connectivity index (χ0v) is 14.8. The van der Waals surface area contributed by atoms with Crippen LogP contribution in [0.3, 0.4) is 0 Å². The molecule has 23 heavy (non-hydrogen) atoms. The molecule has 0 N–H and O–H groups in total. The van der Waals surface area contributed by atoms with Crippen LogP contribution in [0.15, 0.2) is 34.9 Å². The van der Waals surface area contributed by atoms with Gasteiger partial charge in [-0.1, -0.05) is 6.07 Å². The average Bonchev–Trinajstić information content (AvgIpc) is 2.54. The lowest BCUT2D eigenvalue weighted by molar-refractivity contribution is -0.106. The summed E-state index contributed by atoms with van der Waals surface area (Å²) in [6.07, 6.45) is 4.60. The summed E-state index contributed by atoms with van der Waals surface area (Å²) < 4.78 is 7.03. The van der Waals surface area contributed by atoms with Gasteiger partial charge in [0.15, 0.2) is 0 Å². The van der Waals surface area contributed by atoms with Crippen molar-refractivity contribution in [3.8, 4) is 11.6 Å². The van der Waals surface area contributed by atoms with E-state index in [2.05, 4.69) is 38.8 Å². The van der Waals surface area contributed by atoms with E-state index >= 15 is 0 Å². The first-order chi connectivity index (χ1) is 11.1. The van der Waals surface area contributed by atoms with Gasteiger partial charge in [-0.3, -0.25) is 0 Å². The van der Waals surface area contributed by atoms with Gasteiger partial charge in [-0.05, 0) is 60.8 Å². The van der Waals surface area contributed by atoms with Crippen LogP contribution in [0.1, 0.15) is 24.5 Å². The first kappa shape index (κ1) is 16.0. The van der Waals surface area contributed by atoms with Crippen molar-refractivity contribution in [2.24, 2.45) is 0 Å². The van der Waals surface area contributed by atoms with Gasteiger partial charge in [0, 0.05) is 29.1 Å². The number of halogens is 1. The molecule has 1 aromatic carbocycles. The number of aryl methyl sites for hydroxylation is 1. The predicted octanol–water partition coefficient (Wildman–Crippen LogP) is 4.28. The van der Waals surface area contributed by atoms with Gasteiger partial charge in [0.05, 0.1) is 11.0 Å². The standard InChI is InChI=1S/C18H19BrN2O2/c1-12-4-3-9-20-18(12)23-17-14-6-5-13(2)21(10-11-22)16(14)8-7-15(17)19/h3-4,7-9,11,13H,5-6,10H2,1-2H3. The zero-order chi connectivity index (χ0) is 16.4. The van der Waals surface area contributed by atoms with E-state index in [1.54, 1.807) is 6.20 Å². The highest BCUT2D eigenvalue weighted by molar-refractivity contribution is 9.10. The summed E-state index contributed by atoms with van der Waals surface area (Å²) in [4.78, 5) is 17.5. The van der Waals surface area contributed by atoms with Crippen molar-refractivity contribution in [1.29, 1.82) is 0 Å². The molecule has 0 radical (unpaired) electrons. The fourth-order valence-electron chi connectivity index (χ4n) is 2.99. The maximum absolute atomic E-state index is 11.0. The second-order valence-corrected chi connectivity index (χ2v) is 6.66. The van der Waals surface area contributed by atoms with Gasteiger partial charge >= 0.3 is 0 Å². The van der Waals surface area contributed by atoms with Crippen molar-refractivity contribution < 1.29 is 9.53 Å². The number of aromatic nitrogens is 1. The minimum Gasteiger partial charge on any atom is -0.437 e. The second kappa shape index (κ2) is 6.71. The number of carbonyl (C=O) groups excluding carboxylic acids is 1. The lowest BCUT2D eigenvalue weighted by Crippen LogP contribution is -2.38. The topological polar surface area (TPSA) is 42.4 Å². The Morgan fingerprint density at radius 2 is 2.26 bits per heavy atom. The van der Waals surface area contributed by atoms with Crippen LogP contribution < -0.4 is 9.64 Å². The summed E-state index contributed by atoms with van der Waals surface area (Å²) in [5, 5.41) is 0. The number of carbonyl (C=O) groups is 1. The minimum absolute atomic E-state index is 0.346. The van der Waals surface area contributed by atoms with Crippen molar-refractivity contribution in [3.05, 3.63) is 46.1 Å². The van der Waals surface area contributed by atoms with E-state index in [1.165, 1.54) is 0 Å². The Hall–Kier alpha value is -1.88. The molecule has 0 saturated carbocycles. The summed E-state index contributed by atoms with van der Waals surface area (Å²) >= 11 is 3.59. The molecule has 0 aliphatic carbocycles. The van der Waals surface area contributed by atoms with Crippen molar-refractivity contribution in [2.45, 2.75) is 32.7 Å². The Bertz CT molecular complexity index is 733. The third-order valence-electron chi connectivity index (χ3n) is 4.27. The largest absolute Gasteiger partial charge is 0.437 e. The summed E-state index contributed by atoms with van der Waals surface area (Å²) in [5.74, 6) is 1.41. The van der Waals surface area contributed by atoms with E-state index in [9.17, 15) is 4.79 Å². The quantitative estimate of drug-likeness (QED) is 0.748. The van der Waals surface area contributed by atoms with Crippen LogP contribution in [0.2, 0.25) is 0 Å². The van der Waals surface area contributed by atoms with Gasteiger partial charge in [0.1, 0.15) is 12.0 Å². The number of rotatable bonds is 4. The van der Waals surface area contributed by atoms with Crippen LogP contribution in [0.4, 0.5) is 5.69 Å². The molecule has 5 heteroatoms. The molecule has 120 valence electrons. The molecule has 2 heterocycles. The van der Waals surface area contributed by atoms with E-state index in [0.717, 1.165) is 46.2 Å². The van der Waals surface area contributed by atoms with E-state index in [1.807, 2.05) is 25.1 Å². The van der Waals surface area contributed by atoms with E-state index in [0.29, 0.717) is 18.5 Å². The summed E-state index contributed by atoms with van der Waals surface area (Å²) in [5.41, 5.74) is 3.19. The first-order valence-corrected chi connectivity index (χ1v) is 8.52. The third-order valence-corrected chi connectivity index (χ3v) is 4.90. The number of pyridine rings is 1. The summed E-state index contributed by atoms with van der Waals surface area (Å²) in [6.45, 7) is 4.53. The Morgan fingerprint density at radius 1 is 1.43 bits per heavy atom. The van der Waals surface area contributed by atoms with Crippen molar-refractivity contribution in [3.63, 3.8) is 0 Å². The summed E-state index contributed by atoms with van der Waals surface area (Å²) in [6, 6.07) is 8.25. The first-order valence-electron chi connectivity index (χ1n) is 7.73. The summed E-state index contributed by atoms with van der Waals surface area (Å²) in [7, 11) is 0. The number of anilines is 1. The molecule has 1 aliphatic rings. The van der Waals surface area contributed by atoms with Gasteiger partial charge in [0.25, 0.3) is 0 Å². The maximum Gasteiger partial charge on any atom is 0.222 e. The molecule has 0 bridgehead atoms. The Kier molecular flexibility index (Phi) is 4.66. The zero-order valence-electron chi connectivity index (χ0n) is 13.3. The lowest BCUT2D eigenvalue weighted by Gasteiger charge is -2.36. The fourth-order valence-corrected chi connectivity index (χ4v) is 3.44. The van der Waals surface area contributed by atoms with Gasteiger partial charge in [0.2, 0.25) is 5.88 Å². The molecule has 0 saturated heterocycles. The molecule has 1 atom stereocenters. The van der Waals surface area contributed by atoms with Crippen LogP contribution in [-0.4, -0.2) is 23.9 Å². The molecule has 1 aromatic heterocycles. The number of nitrogens with zero attached hydrogens (tertiary/aromatic N) is 2. The third kappa shape index (κ3) is 3.11. The number of fused-ring (bicyclic) bond motifs is 1. The minimum atomic E-state index is 0.346. The van der Waals surface area contributed by atoms with E-state index < -0.39 is 0 Å². The highest BCUT2D eigenvalue weighted by Crippen LogP contribution is 2.42. The van der Waals surface area contributed by atoms with Crippen molar-refractivity contribution in [1.82, 2.24) is 4.98 Å². The van der Waals surface area contributed by atoms with Gasteiger partial charge < -0.3 is 14.4 Å². The average molecular weight is 375 g/mol. The number of aldehydes is 1. The smallest absolute Gasteiger partial charge is 0.222 e. The molecular formula is C18H19BrN2O2. The molecule has 0 spiro atoms. The molecule has 0 amide bonds. The highest BCUT2D eigenvalue weighted by atomic mass is 79.9. The van der Waals surface area contributed by atoms with Crippen molar-refractivity contribution >= 4 is 27.9 Å². The van der Waals surface area contributed by atoms with E-state index in [-0.39, 0.29) is 0 Å². The molecule has 2 aromatic rings. The molecule has 4 nitrogen and oxygen atoms in total. The Morgan fingerprint density at radius 3 is 3.00 bits per heavy atom. The fraction of sp³-hybridized carbons (Fsp3) is 0.333. The molecular weight excluding hydrogens is 356 g/mol. The Labute approximate surface area is 144 Å². The van der Waals surface area contributed by atoms with Crippen molar-refractivity contribution in [2.75, 3.05) is 11.4 Å². The Balaban J connectivity index is 2.05. The number of hydrogen-bond acceptors (Lipinski definition) is 4. The number of ether oxygens (including phenoxy) is 1. The second-order valence-electron chi connectivity index (χ2n) is 5.81.